The van der Waals surface area contributed by atoms with Crippen molar-refractivity contribution in [3.05, 3.63) is 215 Å². The van der Waals surface area contributed by atoms with Crippen molar-refractivity contribution in [3.63, 3.8) is 0 Å². The summed E-state index contributed by atoms with van der Waals surface area (Å²) >= 11 is 0. The Kier molecular flexibility index (Phi) is 8.44. The van der Waals surface area contributed by atoms with Crippen molar-refractivity contribution in [1.29, 1.82) is 0 Å². The van der Waals surface area contributed by atoms with Crippen LogP contribution in [0.1, 0.15) is 33.4 Å². The minimum atomic E-state index is -0.681. The van der Waals surface area contributed by atoms with Gasteiger partial charge in [0, 0.05) is 34.6 Å². The van der Waals surface area contributed by atoms with Crippen LogP contribution in [0, 0.1) is 13.8 Å². The first-order chi connectivity index (χ1) is 26.9. The smallest absolute Gasteiger partial charge is 0.135 e. The number of rotatable bonds is 8. The minimum Gasteiger partial charge on any atom is -0.457 e. The van der Waals surface area contributed by atoms with E-state index < -0.39 is 5.41 Å². The van der Waals surface area contributed by atoms with Crippen molar-refractivity contribution in [1.82, 2.24) is 0 Å². The van der Waals surface area contributed by atoms with Crippen LogP contribution in [0.25, 0.3) is 33.4 Å². The number of fused-ring (bicyclic) bond motifs is 3. The highest BCUT2D eigenvalue weighted by Gasteiger charge is 2.46. The lowest BCUT2D eigenvalue weighted by Gasteiger charge is -2.35. The van der Waals surface area contributed by atoms with Gasteiger partial charge in [0.1, 0.15) is 23.0 Å². The highest BCUT2D eigenvalue weighted by Crippen LogP contribution is 2.57. The average molecular weight is 713 g/mol. The number of aryl methyl sites for hydroxylation is 2. The molecule has 55 heavy (non-hydrogen) atoms. The van der Waals surface area contributed by atoms with Crippen molar-refractivity contribution in [2.24, 2.45) is 0 Å². The van der Waals surface area contributed by atoms with E-state index in [-0.39, 0.29) is 0 Å². The molecule has 0 amide bonds. The molecule has 0 heterocycles. The number of nitrogen functional groups attached to an aromatic ring is 2. The van der Waals surface area contributed by atoms with Gasteiger partial charge in [-0.3, -0.25) is 0 Å². The summed E-state index contributed by atoms with van der Waals surface area (Å²) in [4.78, 5) is 0. The quantitative estimate of drug-likeness (QED) is 0.154. The molecular weight excluding hydrogens is 673 g/mol. The number of benzene rings is 8. The Bertz CT molecular complexity index is 2510. The SMILES string of the molecule is Cc1ccc(Oc2ccc(C3(c4ccc(Oc5ccc(C)c(N)c5)c(-c5ccccc5)c4)c4ccccc4-c4ccccc43)cc2-c2ccccc2)cc1N. The summed E-state index contributed by atoms with van der Waals surface area (Å²) in [7, 11) is 0. The van der Waals surface area contributed by atoms with E-state index in [0.29, 0.717) is 22.9 Å². The molecule has 0 radical (unpaired) electrons. The van der Waals surface area contributed by atoms with Gasteiger partial charge in [0.2, 0.25) is 0 Å². The van der Waals surface area contributed by atoms with Crippen LogP contribution in [0.4, 0.5) is 11.4 Å². The predicted octanol–water partition coefficient (Wildman–Crippen LogP) is 12.7. The van der Waals surface area contributed by atoms with Crippen molar-refractivity contribution in [2.45, 2.75) is 19.3 Å². The molecule has 4 N–H and O–H groups in total. The zero-order valence-electron chi connectivity index (χ0n) is 30.8. The van der Waals surface area contributed by atoms with Crippen molar-refractivity contribution >= 4 is 11.4 Å². The van der Waals surface area contributed by atoms with E-state index in [1.54, 1.807) is 0 Å². The molecule has 266 valence electrons. The van der Waals surface area contributed by atoms with Crippen LogP contribution in [0.3, 0.4) is 0 Å². The van der Waals surface area contributed by atoms with Gasteiger partial charge in [-0.1, -0.05) is 133 Å². The Morgan fingerprint density at radius 3 is 1.20 bits per heavy atom. The Morgan fingerprint density at radius 1 is 0.382 bits per heavy atom. The fraction of sp³-hybridized carbons (Fsp3) is 0.0588. The van der Waals surface area contributed by atoms with Crippen LogP contribution in [-0.2, 0) is 5.41 Å². The van der Waals surface area contributed by atoms with Crippen LogP contribution in [0.2, 0.25) is 0 Å². The Labute approximate surface area is 322 Å². The number of anilines is 2. The van der Waals surface area contributed by atoms with E-state index in [0.717, 1.165) is 56.0 Å². The maximum Gasteiger partial charge on any atom is 0.135 e. The van der Waals surface area contributed by atoms with Gasteiger partial charge in [-0.25, -0.2) is 0 Å². The molecule has 8 aromatic rings. The normalized spacial score (nSPS) is 12.5. The average Bonchev–Trinajstić information content (AvgIpc) is 3.53. The summed E-state index contributed by atoms with van der Waals surface area (Å²) < 4.78 is 13.3. The lowest BCUT2D eigenvalue weighted by Crippen LogP contribution is -2.28. The molecule has 1 aliphatic rings. The van der Waals surface area contributed by atoms with Gasteiger partial charge in [-0.2, -0.15) is 0 Å². The molecule has 0 bridgehead atoms. The largest absolute Gasteiger partial charge is 0.457 e. The van der Waals surface area contributed by atoms with E-state index >= 15 is 0 Å². The van der Waals surface area contributed by atoms with Gasteiger partial charge in [-0.15, -0.1) is 0 Å². The summed E-state index contributed by atoms with van der Waals surface area (Å²) in [5.41, 5.74) is 26.6. The molecule has 0 unspecified atom stereocenters. The van der Waals surface area contributed by atoms with E-state index in [2.05, 4.69) is 133 Å². The fourth-order valence-electron chi connectivity index (χ4n) is 8.03. The second-order valence-electron chi connectivity index (χ2n) is 14.2. The summed E-state index contributed by atoms with van der Waals surface area (Å²) in [5.74, 6) is 2.88. The summed E-state index contributed by atoms with van der Waals surface area (Å²) in [6, 6.07) is 63.5. The topological polar surface area (TPSA) is 70.5 Å². The molecule has 1 aliphatic carbocycles. The fourth-order valence-corrected chi connectivity index (χ4v) is 8.03. The van der Waals surface area contributed by atoms with Crippen LogP contribution < -0.4 is 20.9 Å². The lowest BCUT2D eigenvalue weighted by atomic mass is 9.67. The highest BCUT2D eigenvalue weighted by atomic mass is 16.5. The monoisotopic (exact) mass is 712 g/mol. The molecule has 0 atom stereocenters. The molecule has 8 aromatic carbocycles. The summed E-state index contributed by atoms with van der Waals surface area (Å²) in [6.45, 7) is 4.00. The lowest BCUT2D eigenvalue weighted by molar-refractivity contribution is 0.484. The van der Waals surface area contributed by atoms with Gasteiger partial charge in [0.25, 0.3) is 0 Å². The van der Waals surface area contributed by atoms with Crippen LogP contribution in [0.5, 0.6) is 23.0 Å². The van der Waals surface area contributed by atoms with Gasteiger partial charge in [0.05, 0.1) is 5.41 Å². The molecule has 4 heteroatoms. The molecule has 0 spiro atoms. The first-order valence-corrected chi connectivity index (χ1v) is 18.6. The maximum atomic E-state index is 6.65. The number of ether oxygens (including phenoxy) is 2. The zero-order chi connectivity index (χ0) is 37.5. The molecule has 4 nitrogen and oxygen atoms in total. The zero-order valence-corrected chi connectivity index (χ0v) is 30.8. The molecule has 0 saturated carbocycles. The number of hydrogen-bond acceptors (Lipinski definition) is 4. The molecule has 0 fully saturated rings. The Balaban J connectivity index is 1.30. The van der Waals surface area contributed by atoms with E-state index in [9.17, 15) is 0 Å². The third-order valence-electron chi connectivity index (χ3n) is 10.9. The predicted molar refractivity (Wildman–Crippen MR) is 226 cm³/mol. The van der Waals surface area contributed by atoms with Crippen molar-refractivity contribution < 1.29 is 9.47 Å². The standard InChI is InChI=1S/C51H40N2O2/c1-33-21-25-39(31-47(33)52)54-49-27-23-37(29-43(49)35-13-5-3-6-14-35)51(45-19-11-9-17-41(45)42-18-10-12-20-46(42)51)38-24-28-50(44(30-38)36-15-7-4-8-16-36)55-40-26-22-34(2)48(53)32-40/h3-32H,52-53H2,1-2H3. The third kappa shape index (κ3) is 5.89. The second-order valence-corrected chi connectivity index (χ2v) is 14.2. The van der Waals surface area contributed by atoms with Crippen molar-refractivity contribution in [3.8, 4) is 56.4 Å². The molecule has 0 aromatic heterocycles. The van der Waals surface area contributed by atoms with Gasteiger partial charge in [-0.05, 0) is 106 Å². The van der Waals surface area contributed by atoms with Crippen LogP contribution >= 0.6 is 0 Å². The molecule has 0 aliphatic heterocycles. The minimum absolute atomic E-state index is 0.681. The summed E-state index contributed by atoms with van der Waals surface area (Å²) in [6.07, 6.45) is 0. The third-order valence-corrected chi connectivity index (χ3v) is 10.9. The Morgan fingerprint density at radius 2 is 0.782 bits per heavy atom. The molecule has 0 saturated heterocycles. The summed E-state index contributed by atoms with van der Waals surface area (Å²) in [5, 5.41) is 0. The molecule has 9 rings (SSSR count). The Hall–Kier alpha value is -7.04. The van der Waals surface area contributed by atoms with E-state index in [1.807, 2.05) is 62.4 Å². The number of hydrogen-bond donors (Lipinski definition) is 2. The first kappa shape index (κ1) is 33.8. The van der Waals surface area contributed by atoms with Gasteiger partial charge < -0.3 is 20.9 Å². The first-order valence-electron chi connectivity index (χ1n) is 18.6. The van der Waals surface area contributed by atoms with E-state index in [1.165, 1.54) is 22.3 Å². The van der Waals surface area contributed by atoms with Gasteiger partial charge >= 0.3 is 0 Å². The second kappa shape index (κ2) is 13.7. The van der Waals surface area contributed by atoms with Crippen LogP contribution in [-0.4, -0.2) is 0 Å². The maximum absolute atomic E-state index is 6.65. The molecular formula is C51H40N2O2. The number of nitrogens with two attached hydrogens (primary N) is 2. The van der Waals surface area contributed by atoms with Gasteiger partial charge in [0.15, 0.2) is 0 Å². The van der Waals surface area contributed by atoms with Crippen molar-refractivity contribution in [2.75, 3.05) is 11.5 Å². The van der Waals surface area contributed by atoms with Crippen LogP contribution in [0.15, 0.2) is 182 Å². The van der Waals surface area contributed by atoms with E-state index in [4.69, 9.17) is 20.9 Å². The highest BCUT2D eigenvalue weighted by molar-refractivity contribution is 5.88.